The molecule has 0 bridgehead atoms. The van der Waals surface area contributed by atoms with Gasteiger partial charge < -0.3 is 5.73 Å². The van der Waals surface area contributed by atoms with E-state index in [-0.39, 0.29) is 5.69 Å². The van der Waals surface area contributed by atoms with Crippen LogP contribution in [0.4, 0.5) is 14.5 Å². The molecule has 3 N–H and O–H groups in total. The molecule has 7 heteroatoms. The number of anilines is 1. The highest BCUT2D eigenvalue weighted by molar-refractivity contribution is 7.89. The molecular weight excluding hydrogens is 250 g/mol. The highest BCUT2D eigenvalue weighted by atomic mass is 32.2. The number of nitrogens with two attached hydrogens (primary N) is 1. The standard InChI is InChI=1S/C10H14F2N2O2S/c1-10(2,3)14-17(15,16)8-5-6(13)4-7(11)9(8)12/h4-5,14H,13H2,1-3H3. The molecule has 0 spiro atoms. The van der Waals surface area contributed by atoms with Crippen molar-refractivity contribution in [2.45, 2.75) is 31.2 Å². The minimum absolute atomic E-state index is 0.154. The Bertz CT molecular complexity index is 536. The lowest BCUT2D eigenvalue weighted by molar-refractivity contribution is 0.468. The lowest BCUT2D eigenvalue weighted by atomic mass is 10.1. The Kier molecular flexibility index (Phi) is 3.45. The molecule has 17 heavy (non-hydrogen) atoms. The Labute approximate surface area is 98.9 Å². The molecule has 0 radical (unpaired) electrons. The molecule has 0 aliphatic carbocycles. The van der Waals surface area contributed by atoms with E-state index in [1.54, 1.807) is 20.8 Å². The molecule has 0 amide bonds. The van der Waals surface area contributed by atoms with Crippen molar-refractivity contribution in [1.82, 2.24) is 4.72 Å². The summed E-state index contributed by atoms with van der Waals surface area (Å²) in [4.78, 5) is -0.787. The van der Waals surface area contributed by atoms with Crippen LogP contribution in [0.25, 0.3) is 0 Å². The third-order valence-corrected chi connectivity index (χ3v) is 3.50. The molecule has 0 aromatic heterocycles. The van der Waals surface area contributed by atoms with Crippen LogP contribution in [0.3, 0.4) is 0 Å². The van der Waals surface area contributed by atoms with Gasteiger partial charge in [0.1, 0.15) is 4.90 Å². The van der Waals surface area contributed by atoms with Gasteiger partial charge in [0.2, 0.25) is 10.0 Å². The van der Waals surface area contributed by atoms with E-state index < -0.39 is 32.1 Å². The van der Waals surface area contributed by atoms with E-state index in [4.69, 9.17) is 5.73 Å². The fourth-order valence-corrected chi connectivity index (χ4v) is 2.78. The maximum atomic E-state index is 13.4. The predicted octanol–water partition coefficient (Wildman–Crippen LogP) is 1.62. The number of nitrogen functional groups attached to an aromatic ring is 1. The second-order valence-electron chi connectivity index (χ2n) is 4.67. The predicted molar refractivity (Wildman–Crippen MR) is 60.8 cm³/mol. The summed E-state index contributed by atoms with van der Waals surface area (Å²) in [6.07, 6.45) is 0. The third-order valence-electron chi connectivity index (χ3n) is 1.75. The van der Waals surface area contributed by atoms with Gasteiger partial charge in [0.05, 0.1) is 0 Å². The number of nitrogens with one attached hydrogen (secondary N) is 1. The van der Waals surface area contributed by atoms with Gasteiger partial charge in [0, 0.05) is 11.2 Å². The van der Waals surface area contributed by atoms with Crippen LogP contribution in [0.5, 0.6) is 0 Å². The summed E-state index contributed by atoms with van der Waals surface area (Å²) in [7, 11) is -4.14. The first-order valence-corrected chi connectivity index (χ1v) is 6.30. The molecule has 0 fully saturated rings. The maximum absolute atomic E-state index is 13.4. The van der Waals surface area contributed by atoms with E-state index in [1.807, 2.05) is 0 Å². The molecule has 4 nitrogen and oxygen atoms in total. The quantitative estimate of drug-likeness (QED) is 0.797. The van der Waals surface area contributed by atoms with E-state index in [0.29, 0.717) is 0 Å². The van der Waals surface area contributed by atoms with Crippen LogP contribution in [0, 0.1) is 11.6 Å². The van der Waals surface area contributed by atoms with Crippen molar-refractivity contribution in [3.05, 3.63) is 23.8 Å². The smallest absolute Gasteiger partial charge is 0.244 e. The summed E-state index contributed by atoms with van der Waals surface area (Å²) in [5.74, 6) is -2.73. The second-order valence-corrected chi connectivity index (χ2v) is 6.32. The topological polar surface area (TPSA) is 72.2 Å². The minimum atomic E-state index is -4.14. The highest BCUT2D eigenvalue weighted by Gasteiger charge is 2.26. The molecule has 0 aliphatic heterocycles. The maximum Gasteiger partial charge on any atom is 0.244 e. The van der Waals surface area contributed by atoms with Gasteiger partial charge in [-0.05, 0) is 32.9 Å². The van der Waals surface area contributed by atoms with Crippen LogP contribution >= 0.6 is 0 Å². The van der Waals surface area contributed by atoms with Crippen molar-refractivity contribution in [2.24, 2.45) is 0 Å². The highest BCUT2D eigenvalue weighted by Crippen LogP contribution is 2.22. The number of benzene rings is 1. The number of hydrogen-bond acceptors (Lipinski definition) is 3. The average molecular weight is 264 g/mol. The molecule has 1 rings (SSSR count). The minimum Gasteiger partial charge on any atom is -0.399 e. The molecule has 1 aromatic rings. The van der Waals surface area contributed by atoms with Crippen molar-refractivity contribution >= 4 is 15.7 Å². The summed E-state index contributed by atoms with van der Waals surface area (Å²) >= 11 is 0. The van der Waals surface area contributed by atoms with E-state index in [2.05, 4.69) is 4.72 Å². The Hall–Kier alpha value is -1.21. The zero-order valence-corrected chi connectivity index (χ0v) is 10.5. The molecule has 0 heterocycles. The van der Waals surface area contributed by atoms with Gasteiger partial charge in [0.25, 0.3) is 0 Å². The van der Waals surface area contributed by atoms with Gasteiger partial charge in [-0.3, -0.25) is 0 Å². The van der Waals surface area contributed by atoms with E-state index in [0.717, 1.165) is 12.1 Å². The molecule has 0 saturated heterocycles. The first-order chi connectivity index (χ1) is 7.53. The molecular formula is C10H14F2N2O2S. The second kappa shape index (κ2) is 4.23. The monoisotopic (exact) mass is 264 g/mol. The van der Waals surface area contributed by atoms with Crippen LogP contribution in [0.15, 0.2) is 17.0 Å². The normalized spacial score (nSPS) is 12.8. The van der Waals surface area contributed by atoms with Gasteiger partial charge in [-0.15, -0.1) is 0 Å². The number of rotatable bonds is 2. The Balaban J connectivity index is 3.34. The lowest BCUT2D eigenvalue weighted by Crippen LogP contribution is -2.40. The molecule has 0 unspecified atom stereocenters. The van der Waals surface area contributed by atoms with Crippen LogP contribution in [-0.2, 0) is 10.0 Å². The van der Waals surface area contributed by atoms with Gasteiger partial charge in [0.15, 0.2) is 11.6 Å². The largest absolute Gasteiger partial charge is 0.399 e. The number of sulfonamides is 1. The molecule has 96 valence electrons. The fraction of sp³-hybridized carbons (Fsp3) is 0.400. The Morgan fingerprint density at radius 1 is 1.24 bits per heavy atom. The molecule has 0 saturated carbocycles. The lowest BCUT2D eigenvalue weighted by Gasteiger charge is -2.20. The summed E-state index contributed by atoms with van der Waals surface area (Å²) in [6, 6.07) is 1.61. The van der Waals surface area contributed by atoms with E-state index in [9.17, 15) is 17.2 Å². The van der Waals surface area contributed by atoms with Gasteiger partial charge >= 0.3 is 0 Å². The summed E-state index contributed by atoms with van der Waals surface area (Å²) in [5, 5.41) is 0. The summed E-state index contributed by atoms with van der Waals surface area (Å²) in [5.41, 5.74) is 4.34. The van der Waals surface area contributed by atoms with Crippen LogP contribution in [0.1, 0.15) is 20.8 Å². The van der Waals surface area contributed by atoms with Crippen LogP contribution in [-0.4, -0.2) is 14.0 Å². The summed E-state index contributed by atoms with van der Waals surface area (Å²) in [6.45, 7) is 4.77. The van der Waals surface area contributed by atoms with Crippen molar-refractivity contribution in [1.29, 1.82) is 0 Å². The van der Waals surface area contributed by atoms with Crippen molar-refractivity contribution in [2.75, 3.05) is 5.73 Å². The number of halogens is 2. The first kappa shape index (κ1) is 13.9. The first-order valence-electron chi connectivity index (χ1n) is 4.81. The van der Waals surface area contributed by atoms with Gasteiger partial charge in [-0.25, -0.2) is 21.9 Å². The van der Waals surface area contributed by atoms with Crippen molar-refractivity contribution in [3.8, 4) is 0 Å². The molecule has 0 atom stereocenters. The van der Waals surface area contributed by atoms with E-state index >= 15 is 0 Å². The van der Waals surface area contributed by atoms with Gasteiger partial charge in [-0.2, -0.15) is 0 Å². The van der Waals surface area contributed by atoms with Crippen molar-refractivity contribution in [3.63, 3.8) is 0 Å². The third kappa shape index (κ3) is 3.37. The van der Waals surface area contributed by atoms with Crippen LogP contribution < -0.4 is 10.5 Å². The molecule has 1 aromatic carbocycles. The average Bonchev–Trinajstić information content (AvgIpc) is 2.06. The Morgan fingerprint density at radius 3 is 2.24 bits per heavy atom. The number of hydrogen-bond donors (Lipinski definition) is 2. The SMILES string of the molecule is CC(C)(C)NS(=O)(=O)c1cc(N)cc(F)c1F. The Morgan fingerprint density at radius 2 is 1.76 bits per heavy atom. The fourth-order valence-electron chi connectivity index (χ4n) is 1.24. The zero-order chi connectivity index (χ0) is 13.4. The van der Waals surface area contributed by atoms with Crippen LogP contribution in [0.2, 0.25) is 0 Å². The van der Waals surface area contributed by atoms with Gasteiger partial charge in [-0.1, -0.05) is 0 Å². The van der Waals surface area contributed by atoms with E-state index in [1.165, 1.54) is 0 Å². The van der Waals surface area contributed by atoms with Crippen molar-refractivity contribution < 1.29 is 17.2 Å². The zero-order valence-electron chi connectivity index (χ0n) is 9.71. The summed E-state index contributed by atoms with van der Waals surface area (Å²) < 4.78 is 52.3. The molecule has 0 aliphatic rings.